The predicted octanol–water partition coefficient (Wildman–Crippen LogP) is 4.36. The second-order valence-electron chi connectivity index (χ2n) is 4.56. The van der Waals surface area contributed by atoms with Crippen molar-refractivity contribution in [2.45, 2.75) is 64.7 Å². The Morgan fingerprint density at radius 2 is 1.94 bits per heavy atom. The summed E-state index contributed by atoms with van der Waals surface area (Å²) >= 11 is 1.59. The minimum absolute atomic E-state index is 0.324. The van der Waals surface area contributed by atoms with Crippen LogP contribution in [0, 0.1) is 0 Å². The van der Waals surface area contributed by atoms with Crippen molar-refractivity contribution in [1.29, 1.82) is 0 Å². The van der Waals surface area contributed by atoms with Crippen LogP contribution in [0.1, 0.15) is 64.2 Å². The van der Waals surface area contributed by atoms with Crippen LogP contribution in [0.25, 0.3) is 0 Å². The maximum Gasteiger partial charge on any atom is 0.137 e. The molecule has 3 heteroatoms. The number of anilines is 1. The summed E-state index contributed by atoms with van der Waals surface area (Å²) in [5.41, 5.74) is 6.06. The van der Waals surface area contributed by atoms with E-state index in [-0.39, 0.29) is 0 Å². The Morgan fingerprint density at radius 3 is 2.38 bits per heavy atom. The molecule has 0 aromatic carbocycles. The summed E-state index contributed by atoms with van der Waals surface area (Å²) in [5, 5.41) is 0. The minimum Gasteiger partial charge on any atom is -0.383 e. The maximum atomic E-state index is 5.74. The van der Waals surface area contributed by atoms with Crippen LogP contribution in [-0.4, -0.2) is 4.37 Å². The summed E-state index contributed by atoms with van der Waals surface area (Å²) < 4.78 is 4.23. The van der Waals surface area contributed by atoms with Gasteiger partial charge < -0.3 is 5.73 Å². The molecule has 2 N–H and O–H groups in total. The number of hydrogen-bond donors (Lipinski definition) is 1. The Morgan fingerprint density at radius 1 is 1.25 bits per heavy atom. The van der Waals surface area contributed by atoms with Crippen molar-refractivity contribution in [3.05, 3.63) is 10.9 Å². The first-order valence-corrected chi connectivity index (χ1v) is 7.18. The summed E-state index contributed by atoms with van der Waals surface area (Å²) in [5.74, 6) is 0.682. The van der Waals surface area contributed by atoms with Gasteiger partial charge in [0.05, 0.1) is 0 Å². The SMILES string of the molecule is CCCCCC(CC)(CC)c1cc(N)ns1. The molecule has 0 saturated carbocycles. The van der Waals surface area contributed by atoms with Gasteiger partial charge in [0.15, 0.2) is 0 Å². The zero-order valence-electron chi connectivity index (χ0n) is 10.8. The van der Waals surface area contributed by atoms with Gasteiger partial charge in [-0.25, -0.2) is 0 Å². The normalized spacial score (nSPS) is 11.9. The molecule has 0 bridgehead atoms. The number of unbranched alkanes of at least 4 members (excludes halogenated alkanes) is 2. The van der Waals surface area contributed by atoms with Crippen LogP contribution in [0.4, 0.5) is 5.82 Å². The average Bonchev–Trinajstić information content (AvgIpc) is 2.72. The molecule has 2 nitrogen and oxygen atoms in total. The quantitative estimate of drug-likeness (QED) is 0.719. The second-order valence-corrected chi connectivity index (χ2v) is 5.37. The van der Waals surface area contributed by atoms with Gasteiger partial charge in [-0.2, -0.15) is 4.37 Å². The summed E-state index contributed by atoms with van der Waals surface area (Å²) in [6.07, 6.45) is 7.58. The Labute approximate surface area is 103 Å². The molecule has 0 aliphatic carbocycles. The molecule has 1 rings (SSSR count). The highest BCUT2D eigenvalue weighted by Crippen LogP contribution is 2.39. The number of nitrogen functional groups attached to an aromatic ring is 1. The molecule has 0 saturated heterocycles. The molecule has 1 aromatic heterocycles. The van der Waals surface area contributed by atoms with Crippen molar-refractivity contribution in [3.63, 3.8) is 0 Å². The smallest absolute Gasteiger partial charge is 0.137 e. The molecule has 0 aliphatic heterocycles. The Balaban J connectivity index is 2.78. The van der Waals surface area contributed by atoms with Gasteiger partial charge in [-0.15, -0.1) is 0 Å². The topological polar surface area (TPSA) is 38.9 Å². The lowest BCUT2D eigenvalue weighted by Gasteiger charge is -2.30. The van der Waals surface area contributed by atoms with E-state index in [1.807, 2.05) is 0 Å². The number of nitrogens with zero attached hydrogens (tertiary/aromatic N) is 1. The van der Waals surface area contributed by atoms with Gasteiger partial charge in [0, 0.05) is 10.3 Å². The summed E-state index contributed by atoms with van der Waals surface area (Å²) in [7, 11) is 0. The molecule has 0 fully saturated rings. The van der Waals surface area contributed by atoms with Crippen LogP contribution in [0.15, 0.2) is 6.07 Å². The summed E-state index contributed by atoms with van der Waals surface area (Å²) in [6, 6.07) is 2.07. The lowest BCUT2D eigenvalue weighted by atomic mass is 9.76. The third-order valence-corrected chi connectivity index (χ3v) is 4.71. The molecular formula is C13H24N2S. The molecule has 0 radical (unpaired) electrons. The van der Waals surface area contributed by atoms with Crippen molar-refractivity contribution in [2.24, 2.45) is 0 Å². The van der Waals surface area contributed by atoms with Crippen LogP contribution in [-0.2, 0) is 5.41 Å². The van der Waals surface area contributed by atoms with Gasteiger partial charge in [-0.05, 0) is 36.9 Å². The van der Waals surface area contributed by atoms with Gasteiger partial charge in [-0.3, -0.25) is 0 Å². The average molecular weight is 240 g/mol. The Kier molecular flexibility index (Phi) is 5.26. The number of hydrogen-bond acceptors (Lipinski definition) is 3. The van der Waals surface area contributed by atoms with Crippen molar-refractivity contribution < 1.29 is 0 Å². The van der Waals surface area contributed by atoms with Crippen LogP contribution in [0.5, 0.6) is 0 Å². The van der Waals surface area contributed by atoms with Crippen LogP contribution < -0.4 is 5.73 Å². The van der Waals surface area contributed by atoms with Gasteiger partial charge in [0.25, 0.3) is 0 Å². The van der Waals surface area contributed by atoms with E-state index in [4.69, 9.17) is 5.73 Å². The van der Waals surface area contributed by atoms with E-state index in [9.17, 15) is 0 Å². The van der Waals surface area contributed by atoms with E-state index < -0.39 is 0 Å². The van der Waals surface area contributed by atoms with Crippen molar-refractivity contribution in [3.8, 4) is 0 Å². The van der Waals surface area contributed by atoms with Crippen molar-refractivity contribution in [2.75, 3.05) is 5.73 Å². The first kappa shape index (κ1) is 13.5. The van der Waals surface area contributed by atoms with Crippen molar-refractivity contribution in [1.82, 2.24) is 4.37 Å². The summed E-state index contributed by atoms with van der Waals surface area (Å²) in [4.78, 5) is 1.38. The van der Waals surface area contributed by atoms with Crippen molar-refractivity contribution >= 4 is 17.4 Å². The largest absolute Gasteiger partial charge is 0.383 e. The lowest BCUT2D eigenvalue weighted by molar-refractivity contribution is 0.357. The van der Waals surface area contributed by atoms with E-state index in [0.29, 0.717) is 11.2 Å². The van der Waals surface area contributed by atoms with Gasteiger partial charge in [0.2, 0.25) is 0 Å². The molecule has 92 valence electrons. The standard InChI is InChI=1S/C13H24N2S/c1-4-7-8-9-13(5-2,6-3)11-10-12(14)15-16-11/h10H,4-9H2,1-3H3,(H2,14,15). The Bertz CT molecular complexity index is 303. The minimum atomic E-state index is 0.324. The maximum absolute atomic E-state index is 5.74. The molecule has 1 aromatic rings. The molecule has 0 unspecified atom stereocenters. The number of nitrogens with two attached hydrogens (primary N) is 1. The molecule has 0 atom stereocenters. The number of aromatic nitrogens is 1. The highest BCUT2D eigenvalue weighted by atomic mass is 32.1. The molecule has 0 amide bonds. The van der Waals surface area contributed by atoms with E-state index in [1.165, 1.54) is 43.4 Å². The van der Waals surface area contributed by atoms with Crippen LogP contribution >= 0.6 is 11.5 Å². The third-order valence-electron chi connectivity index (χ3n) is 3.66. The van der Waals surface area contributed by atoms with Gasteiger partial charge in [-0.1, -0.05) is 40.0 Å². The fraction of sp³-hybridized carbons (Fsp3) is 0.769. The zero-order chi connectivity index (χ0) is 12.0. The van der Waals surface area contributed by atoms with E-state index in [1.54, 1.807) is 11.5 Å². The predicted molar refractivity (Wildman–Crippen MR) is 72.9 cm³/mol. The molecule has 16 heavy (non-hydrogen) atoms. The Hall–Kier alpha value is -0.570. The highest BCUT2D eigenvalue weighted by molar-refractivity contribution is 7.06. The fourth-order valence-electron chi connectivity index (χ4n) is 2.33. The summed E-state index contributed by atoms with van der Waals surface area (Å²) in [6.45, 7) is 6.82. The van der Waals surface area contributed by atoms with E-state index in [2.05, 4.69) is 31.2 Å². The number of rotatable bonds is 7. The monoisotopic (exact) mass is 240 g/mol. The van der Waals surface area contributed by atoms with E-state index >= 15 is 0 Å². The van der Waals surface area contributed by atoms with Crippen LogP contribution in [0.2, 0.25) is 0 Å². The fourth-order valence-corrected chi connectivity index (χ4v) is 3.34. The highest BCUT2D eigenvalue weighted by Gasteiger charge is 2.29. The van der Waals surface area contributed by atoms with Gasteiger partial charge in [0.1, 0.15) is 5.82 Å². The second kappa shape index (κ2) is 6.24. The first-order chi connectivity index (χ1) is 7.68. The molecule has 0 aliphatic rings. The molecular weight excluding hydrogens is 216 g/mol. The third kappa shape index (κ3) is 2.97. The van der Waals surface area contributed by atoms with Gasteiger partial charge >= 0.3 is 0 Å². The lowest BCUT2D eigenvalue weighted by Crippen LogP contribution is -2.23. The van der Waals surface area contributed by atoms with E-state index in [0.717, 1.165) is 0 Å². The zero-order valence-corrected chi connectivity index (χ0v) is 11.6. The van der Waals surface area contributed by atoms with Crippen LogP contribution in [0.3, 0.4) is 0 Å². The first-order valence-electron chi connectivity index (χ1n) is 6.41. The molecule has 0 spiro atoms. The molecule has 1 heterocycles.